The highest BCUT2D eigenvalue weighted by Crippen LogP contribution is 2.11. The van der Waals surface area contributed by atoms with Gasteiger partial charge in [0.15, 0.2) is 0 Å². The molecule has 0 radical (unpaired) electrons. The summed E-state index contributed by atoms with van der Waals surface area (Å²) in [4.78, 5) is 8.44. The van der Waals surface area contributed by atoms with E-state index in [4.69, 9.17) is 4.74 Å². The molecule has 0 bridgehead atoms. The van der Waals surface area contributed by atoms with E-state index in [-0.39, 0.29) is 12.4 Å². The monoisotopic (exact) mass is 289 g/mol. The summed E-state index contributed by atoms with van der Waals surface area (Å²) < 4.78 is 18.9. The third kappa shape index (κ3) is 5.11. The lowest BCUT2D eigenvalue weighted by Crippen LogP contribution is -2.19. The van der Waals surface area contributed by atoms with Crippen molar-refractivity contribution in [3.05, 3.63) is 53.7 Å². The van der Waals surface area contributed by atoms with Gasteiger partial charge in [0.05, 0.1) is 18.1 Å². The average Bonchev–Trinajstić information content (AvgIpc) is 2.47. The molecule has 1 heterocycles. The van der Waals surface area contributed by atoms with Crippen LogP contribution in [0, 0.1) is 11.7 Å². The number of aromatic nitrogens is 2. The summed E-state index contributed by atoms with van der Waals surface area (Å²) in [6, 6.07) is 6.52. The van der Waals surface area contributed by atoms with E-state index < -0.39 is 0 Å². The fourth-order valence-corrected chi connectivity index (χ4v) is 1.76. The van der Waals surface area contributed by atoms with E-state index in [0.717, 1.165) is 12.2 Å². The molecule has 0 aliphatic carbocycles. The first kappa shape index (κ1) is 15.4. The molecular weight excluding hydrogens is 269 g/mol. The van der Waals surface area contributed by atoms with Crippen LogP contribution in [0.15, 0.2) is 36.7 Å². The molecule has 1 aromatic carbocycles. The zero-order valence-corrected chi connectivity index (χ0v) is 12.3. The lowest BCUT2D eigenvalue weighted by molar-refractivity contribution is 0.286. The first-order valence-corrected chi connectivity index (χ1v) is 7.03. The Kier molecular flexibility index (Phi) is 5.63. The van der Waals surface area contributed by atoms with Crippen LogP contribution in [-0.4, -0.2) is 16.5 Å². The van der Waals surface area contributed by atoms with Crippen LogP contribution >= 0.6 is 0 Å². The SMILES string of the molecule is CC(C)CNCc1cnc(OCc2ccccc2F)cn1. The highest BCUT2D eigenvalue weighted by Gasteiger charge is 2.03. The second-order valence-electron chi connectivity index (χ2n) is 5.25. The first-order chi connectivity index (χ1) is 10.1. The van der Waals surface area contributed by atoms with Crippen molar-refractivity contribution >= 4 is 0 Å². The van der Waals surface area contributed by atoms with Gasteiger partial charge < -0.3 is 10.1 Å². The normalized spacial score (nSPS) is 10.9. The third-order valence-corrected chi connectivity index (χ3v) is 2.87. The summed E-state index contributed by atoms with van der Waals surface area (Å²) in [7, 11) is 0. The van der Waals surface area contributed by atoms with Gasteiger partial charge in [-0.3, -0.25) is 4.98 Å². The molecule has 1 aromatic heterocycles. The molecule has 1 N–H and O–H groups in total. The number of ether oxygens (including phenoxy) is 1. The maximum absolute atomic E-state index is 13.4. The largest absolute Gasteiger partial charge is 0.472 e. The Balaban J connectivity index is 1.84. The molecule has 4 nitrogen and oxygen atoms in total. The molecule has 0 aliphatic heterocycles. The fourth-order valence-electron chi connectivity index (χ4n) is 1.76. The molecule has 0 amide bonds. The molecule has 0 fully saturated rings. The predicted octanol–water partition coefficient (Wildman–Crippen LogP) is 2.94. The van der Waals surface area contributed by atoms with Gasteiger partial charge >= 0.3 is 0 Å². The van der Waals surface area contributed by atoms with E-state index in [1.54, 1.807) is 30.6 Å². The minimum absolute atomic E-state index is 0.145. The number of rotatable bonds is 7. The van der Waals surface area contributed by atoms with Crippen LogP contribution in [0.4, 0.5) is 4.39 Å². The van der Waals surface area contributed by atoms with Crippen LogP contribution < -0.4 is 10.1 Å². The first-order valence-electron chi connectivity index (χ1n) is 7.03. The Bertz CT molecular complexity index is 558. The molecule has 0 unspecified atom stereocenters. The van der Waals surface area contributed by atoms with Gasteiger partial charge in [-0.25, -0.2) is 9.37 Å². The van der Waals surface area contributed by atoms with Crippen molar-refractivity contribution < 1.29 is 9.13 Å². The molecule has 0 saturated carbocycles. The second-order valence-corrected chi connectivity index (χ2v) is 5.25. The highest BCUT2D eigenvalue weighted by atomic mass is 19.1. The zero-order chi connectivity index (χ0) is 15.1. The topological polar surface area (TPSA) is 47.0 Å². The molecule has 5 heteroatoms. The van der Waals surface area contributed by atoms with Crippen LogP contribution in [0.1, 0.15) is 25.1 Å². The Labute approximate surface area is 124 Å². The van der Waals surface area contributed by atoms with Gasteiger partial charge in [-0.15, -0.1) is 0 Å². The average molecular weight is 289 g/mol. The minimum Gasteiger partial charge on any atom is -0.472 e. The van der Waals surface area contributed by atoms with Crippen LogP contribution in [0.5, 0.6) is 5.88 Å². The Morgan fingerprint density at radius 2 is 2.00 bits per heavy atom. The summed E-state index contributed by atoms with van der Waals surface area (Å²) in [5.41, 5.74) is 1.36. The van der Waals surface area contributed by atoms with Crippen molar-refractivity contribution in [2.24, 2.45) is 5.92 Å². The Morgan fingerprint density at radius 1 is 1.19 bits per heavy atom. The summed E-state index contributed by atoms with van der Waals surface area (Å²) in [5.74, 6) is 0.715. The van der Waals surface area contributed by atoms with Gasteiger partial charge in [0, 0.05) is 12.1 Å². The predicted molar refractivity (Wildman–Crippen MR) is 79.3 cm³/mol. The Hall–Kier alpha value is -2.01. The second kappa shape index (κ2) is 7.69. The lowest BCUT2D eigenvalue weighted by atomic mass is 10.2. The Morgan fingerprint density at radius 3 is 2.67 bits per heavy atom. The summed E-state index contributed by atoms with van der Waals surface area (Å²) in [6.07, 6.45) is 3.23. The highest BCUT2D eigenvalue weighted by molar-refractivity contribution is 5.17. The van der Waals surface area contributed by atoms with Gasteiger partial charge in [0.2, 0.25) is 5.88 Å². The minimum atomic E-state index is -0.278. The molecule has 112 valence electrons. The number of benzene rings is 1. The molecular formula is C16H20FN3O. The number of halogens is 1. The van der Waals surface area contributed by atoms with E-state index in [2.05, 4.69) is 29.1 Å². The van der Waals surface area contributed by atoms with Crippen LogP contribution in [0.25, 0.3) is 0 Å². The van der Waals surface area contributed by atoms with Crippen LogP contribution in [-0.2, 0) is 13.2 Å². The standard InChI is InChI=1S/C16H20FN3O/c1-12(2)7-18-8-14-9-20-16(10-19-14)21-11-13-5-3-4-6-15(13)17/h3-6,9-10,12,18H,7-8,11H2,1-2H3. The van der Waals surface area contributed by atoms with E-state index >= 15 is 0 Å². The van der Waals surface area contributed by atoms with Crippen molar-refractivity contribution in [1.29, 1.82) is 0 Å². The smallest absolute Gasteiger partial charge is 0.232 e. The number of nitrogens with zero attached hydrogens (tertiary/aromatic N) is 2. The number of hydrogen-bond acceptors (Lipinski definition) is 4. The summed E-state index contributed by atoms with van der Waals surface area (Å²) >= 11 is 0. The molecule has 0 saturated heterocycles. The molecule has 2 aromatic rings. The maximum Gasteiger partial charge on any atom is 0.232 e. The van der Waals surface area contributed by atoms with Gasteiger partial charge in [0.25, 0.3) is 0 Å². The third-order valence-electron chi connectivity index (χ3n) is 2.87. The molecule has 2 rings (SSSR count). The van der Waals surface area contributed by atoms with Crippen molar-refractivity contribution in [3.8, 4) is 5.88 Å². The van der Waals surface area contributed by atoms with E-state index in [1.807, 2.05) is 0 Å². The maximum atomic E-state index is 13.4. The van der Waals surface area contributed by atoms with Crippen molar-refractivity contribution in [3.63, 3.8) is 0 Å². The van der Waals surface area contributed by atoms with Crippen molar-refractivity contribution in [2.45, 2.75) is 27.0 Å². The number of nitrogens with one attached hydrogen (secondary N) is 1. The van der Waals surface area contributed by atoms with Crippen LogP contribution in [0.2, 0.25) is 0 Å². The number of hydrogen-bond donors (Lipinski definition) is 1. The molecule has 0 spiro atoms. The molecule has 21 heavy (non-hydrogen) atoms. The van der Waals surface area contributed by atoms with E-state index in [1.165, 1.54) is 6.07 Å². The van der Waals surface area contributed by atoms with Crippen LogP contribution in [0.3, 0.4) is 0 Å². The summed E-state index contributed by atoms with van der Waals surface area (Å²) in [5, 5.41) is 3.29. The van der Waals surface area contributed by atoms with Gasteiger partial charge in [0.1, 0.15) is 12.4 Å². The zero-order valence-electron chi connectivity index (χ0n) is 12.3. The quantitative estimate of drug-likeness (QED) is 0.851. The van der Waals surface area contributed by atoms with E-state index in [0.29, 0.717) is 23.9 Å². The molecule has 0 aliphatic rings. The van der Waals surface area contributed by atoms with Gasteiger partial charge in [-0.2, -0.15) is 0 Å². The van der Waals surface area contributed by atoms with Gasteiger partial charge in [-0.05, 0) is 18.5 Å². The van der Waals surface area contributed by atoms with Gasteiger partial charge in [-0.1, -0.05) is 32.0 Å². The molecule has 0 atom stereocenters. The van der Waals surface area contributed by atoms with Crippen molar-refractivity contribution in [2.75, 3.05) is 6.54 Å². The van der Waals surface area contributed by atoms with Crippen molar-refractivity contribution in [1.82, 2.24) is 15.3 Å². The fraction of sp³-hybridized carbons (Fsp3) is 0.375. The lowest BCUT2D eigenvalue weighted by Gasteiger charge is -2.08. The van der Waals surface area contributed by atoms with E-state index in [9.17, 15) is 4.39 Å². The summed E-state index contributed by atoms with van der Waals surface area (Å²) in [6.45, 7) is 6.06.